The fourth-order valence-corrected chi connectivity index (χ4v) is 1.86. The standard InChI is InChI=1S/C14H13F2N.C2H6/c1-17-9-10-4-2-3-5-14(10)11-6-12(15)8-13(16)7-11;1-2/h2-8,17H,9H2,1H3;1-2H3. The molecule has 0 bridgehead atoms. The van der Waals surface area contributed by atoms with Crippen molar-refractivity contribution in [3.8, 4) is 11.1 Å². The summed E-state index contributed by atoms with van der Waals surface area (Å²) in [5.41, 5.74) is 2.42. The summed E-state index contributed by atoms with van der Waals surface area (Å²) in [6, 6.07) is 11.1. The lowest BCUT2D eigenvalue weighted by Gasteiger charge is -2.09. The third-order valence-electron chi connectivity index (χ3n) is 2.56. The molecule has 0 saturated carbocycles. The maximum atomic E-state index is 13.2. The molecule has 0 heterocycles. The predicted octanol–water partition coefficient (Wildman–Crippen LogP) is 4.38. The van der Waals surface area contributed by atoms with Gasteiger partial charge in [0.25, 0.3) is 0 Å². The van der Waals surface area contributed by atoms with Gasteiger partial charge in [-0.25, -0.2) is 8.78 Å². The highest BCUT2D eigenvalue weighted by atomic mass is 19.1. The van der Waals surface area contributed by atoms with E-state index in [0.717, 1.165) is 17.2 Å². The normalized spacial score (nSPS) is 9.74. The number of hydrogen-bond acceptors (Lipinski definition) is 1. The van der Waals surface area contributed by atoms with Crippen LogP contribution in [-0.4, -0.2) is 7.05 Å². The Morgan fingerprint density at radius 2 is 1.53 bits per heavy atom. The van der Waals surface area contributed by atoms with E-state index in [1.165, 1.54) is 12.1 Å². The molecule has 0 aliphatic carbocycles. The van der Waals surface area contributed by atoms with Crippen LogP contribution in [0.2, 0.25) is 0 Å². The van der Waals surface area contributed by atoms with Crippen molar-refractivity contribution in [2.75, 3.05) is 7.05 Å². The highest BCUT2D eigenvalue weighted by molar-refractivity contribution is 5.67. The topological polar surface area (TPSA) is 12.0 Å². The van der Waals surface area contributed by atoms with Crippen LogP contribution >= 0.6 is 0 Å². The third-order valence-corrected chi connectivity index (χ3v) is 2.56. The number of rotatable bonds is 3. The van der Waals surface area contributed by atoms with Crippen molar-refractivity contribution in [3.63, 3.8) is 0 Å². The molecule has 0 aliphatic heterocycles. The molecule has 1 nitrogen and oxygen atoms in total. The molecule has 0 amide bonds. The molecule has 0 aliphatic rings. The zero-order valence-corrected chi connectivity index (χ0v) is 11.5. The van der Waals surface area contributed by atoms with Crippen LogP contribution in [0.3, 0.4) is 0 Å². The minimum Gasteiger partial charge on any atom is -0.316 e. The molecule has 0 aromatic heterocycles. The van der Waals surface area contributed by atoms with Gasteiger partial charge in [0.15, 0.2) is 0 Å². The Morgan fingerprint density at radius 3 is 2.11 bits per heavy atom. The van der Waals surface area contributed by atoms with Crippen LogP contribution in [0.4, 0.5) is 8.78 Å². The molecule has 19 heavy (non-hydrogen) atoms. The summed E-state index contributed by atoms with van der Waals surface area (Å²) >= 11 is 0. The minimum atomic E-state index is -0.556. The second-order valence-electron chi connectivity index (χ2n) is 3.85. The van der Waals surface area contributed by atoms with Crippen molar-refractivity contribution in [2.45, 2.75) is 20.4 Å². The largest absolute Gasteiger partial charge is 0.316 e. The van der Waals surface area contributed by atoms with Gasteiger partial charge in [0.2, 0.25) is 0 Å². The van der Waals surface area contributed by atoms with Gasteiger partial charge in [0.05, 0.1) is 0 Å². The number of benzene rings is 2. The Bertz CT molecular complexity index is 504. The molecule has 3 heteroatoms. The molecule has 102 valence electrons. The van der Waals surface area contributed by atoms with E-state index in [0.29, 0.717) is 12.1 Å². The average molecular weight is 263 g/mol. The molecule has 0 radical (unpaired) electrons. The number of halogens is 2. The van der Waals surface area contributed by atoms with Crippen molar-refractivity contribution in [1.29, 1.82) is 0 Å². The maximum Gasteiger partial charge on any atom is 0.126 e. The van der Waals surface area contributed by atoms with Crippen molar-refractivity contribution in [1.82, 2.24) is 5.32 Å². The first kappa shape index (κ1) is 15.3. The van der Waals surface area contributed by atoms with Gasteiger partial charge in [-0.15, -0.1) is 0 Å². The lowest BCUT2D eigenvalue weighted by molar-refractivity contribution is 0.584. The molecular formula is C16H19F2N. The van der Waals surface area contributed by atoms with Gasteiger partial charge >= 0.3 is 0 Å². The molecule has 0 unspecified atom stereocenters. The lowest BCUT2D eigenvalue weighted by Crippen LogP contribution is -2.06. The fraction of sp³-hybridized carbons (Fsp3) is 0.250. The summed E-state index contributed by atoms with van der Waals surface area (Å²) in [6.45, 7) is 4.66. The Balaban J connectivity index is 0.000000861. The fourth-order valence-electron chi connectivity index (χ4n) is 1.86. The quantitative estimate of drug-likeness (QED) is 0.866. The van der Waals surface area contributed by atoms with E-state index in [1.54, 1.807) is 0 Å². The van der Waals surface area contributed by atoms with Crippen LogP contribution in [0.25, 0.3) is 11.1 Å². The summed E-state index contributed by atoms with van der Waals surface area (Å²) in [7, 11) is 1.84. The Kier molecular flexibility index (Phi) is 6.16. The summed E-state index contributed by atoms with van der Waals surface area (Å²) < 4.78 is 26.4. The van der Waals surface area contributed by atoms with Crippen LogP contribution in [0.1, 0.15) is 19.4 Å². The molecule has 0 saturated heterocycles. The van der Waals surface area contributed by atoms with Crippen molar-refractivity contribution in [2.24, 2.45) is 0 Å². The smallest absolute Gasteiger partial charge is 0.126 e. The number of nitrogens with one attached hydrogen (secondary N) is 1. The Hall–Kier alpha value is -1.74. The highest BCUT2D eigenvalue weighted by Gasteiger charge is 2.06. The van der Waals surface area contributed by atoms with Crippen LogP contribution < -0.4 is 5.32 Å². The van der Waals surface area contributed by atoms with Crippen LogP contribution in [0, 0.1) is 11.6 Å². The molecule has 0 fully saturated rings. The maximum absolute atomic E-state index is 13.2. The van der Waals surface area contributed by atoms with Crippen LogP contribution in [-0.2, 0) is 6.54 Å². The summed E-state index contributed by atoms with van der Waals surface area (Å²) in [5.74, 6) is -1.11. The van der Waals surface area contributed by atoms with Gasteiger partial charge in [-0.1, -0.05) is 38.1 Å². The van der Waals surface area contributed by atoms with Gasteiger partial charge in [-0.3, -0.25) is 0 Å². The molecule has 2 rings (SSSR count). The summed E-state index contributed by atoms with van der Waals surface area (Å²) in [6.07, 6.45) is 0. The number of hydrogen-bond donors (Lipinski definition) is 1. The lowest BCUT2D eigenvalue weighted by atomic mass is 9.99. The highest BCUT2D eigenvalue weighted by Crippen LogP contribution is 2.25. The molecule has 1 N–H and O–H groups in total. The van der Waals surface area contributed by atoms with Gasteiger partial charge in [-0.05, 0) is 35.9 Å². The Morgan fingerprint density at radius 1 is 0.947 bits per heavy atom. The third kappa shape index (κ3) is 4.14. The first-order valence-corrected chi connectivity index (χ1v) is 6.39. The van der Waals surface area contributed by atoms with Gasteiger partial charge in [0, 0.05) is 12.6 Å². The second kappa shape index (κ2) is 7.64. The van der Waals surface area contributed by atoms with E-state index in [2.05, 4.69) is 5.32 Å². The zero-order valence-electron chi connectivity index (χ0n) is 11.5. The summed E-state index contributed by atoms with van der Waals surface area (Å²) in [5, 5.41) is 3.04. The molecule has 2 aromatic rings. The van der Waals surface area contributed by atoms with E-state index in [1.807, 2.05) is 45.2 Å². The van der Waals surface area contributed by atoms with Crippen molar-refractivity contribution >= 4 is 0 Å². The van der Waals surface area contributed by atoms with Gasteiger partial charge in [0.1, 0.15) is 11.6 Å². The molecule has 0 atom stereocenters. The first-order chi connectivity index (χ1) is 9.20. The van der Waals surface area contributed by atoms with Crippen molar-refractivity contribution < 1.29 is 8.78 Å². The van der Waals surface area contributed by atoms with E-state index in [-0.39, 0.29) is 0 Å². The first-order valence-electron chi connectivity index (χ1n) is 6.39. The summed E-state index contributed by atoms with van der Waals surface area (Å²) in [4.78, 5) is 0. The monoisotopic (exact) mass is 263 g/mol. The zero-order chi connectivity index (χ0) is 14.3. The van der Waals surface area contributed by atoms with Crippen LogP contribution in [0.15, 0.2) is 42.5 Å². The SMILES string of the molecule is CC.CNCc1ccccc1-c1cc(F)cc(F)c1. The van der Waals surface area contributed by atoms with Gasteiger partial charge < -0.3 is 5.32 Å². The van der Waals surface area contributed by atoms with Crippen LogP contribution in [0.5, 0.6) is 0 Å². The molecule has 0 spiro atoms. The van der Waals surface area contributed by atoms with E-state index in [4.69, 9.17) is 0 Å². The van der Waals surface area contributed by atoms with E-state index in [9.17, 15) is 8.78 Å². The van der Waals surface area contributed by atoms with Crippen molar-refractivity contribution in [3.05, 3.63) is 59.7 Å². The molecule has 2 aromatic carbocycles. The Labute approximate surface area is 113 Å². The predicted molar refractivity (Wildman–Crippen MR) is 75.9 cm³/mol. The van der Waals surface area contributed by atoms with E-state index < -0.39 is 11.6 Å². The molecular weight excluding hydrogens is 244 g/mol. The van der Waals surface area contributed by atoms with Gasteiger partial charge in [-0.2, -0.15) is 0 Å². The average Bonchev–Trinajstić information content (AvgIpc) is 2.41. The second-order valence-corrected chi connectivity index (χ2v) is 3.85. The van der Waals surface area contributed by atoms with E-state index >= 15 is 0 Å². The minimum absolute atomic E-state index is 0.556.